The van der Waals surface area contributed by atoms with Crippen LogP contribution in [0.1, 0.15) is 16.7 Å². The van der Waals surface area contributed by atoms with Gasteiger partial charge < -0.3 is 5.32 Å². The number of benzene rings is 1. The second-order valence-electron chi connectivity index (χ2n) is 4.13. The molecule has 2 aromatic rings. The van der Waals surface area contributed by atoms with Crippen molar-refractivity contribution in [1.29, 1.82) is 0 Å². The van der Waals surface area contributed by atoms with Crippen LogP contribution in [-0.4, -0.2) is 6.54 Å². The first-order chi connectivity index (χ1) is 8.25. The van der Waals surface area contributed by atoms with Gasteiger partial charge in [0.05, 0.1) is 0 Å². The Morgan fingerprint density at radius 1 is 1.29 bits per heavy atom. The van der Waals surface area contributed by atoms with Gasteiger partial charge in [-0.25, -0.2) is 4.39 Å². The van der Waals surface area contributed by atoms with Gasteiger partial charge in [0.25, 0.3) is 0 Å². The molecule has 1 heterocycles. The van der Waals surface area contributed by atoms with Crippen LogP contribution in [0.2, 0.25) is 0 Å². The molecule has 1 nitrogen and oxygen atoms in total. The lowest BCUT2D eigenvalue weighted by Crippen LogP contribution is -2.16. The smallest absolute Gasteiger partial charge is 0.123 e. The molecule has 0 fully saturated rings. The van der Waals surface area contributed by atoms with Crippen LogP contribution in [-0.2, 0) is 13.0 Å². The van der Waals surface area contributed by atoms with Crippen molar-refractivity contribution >= 4 is 11.3 Å². The topological polar surface area (TPSA) is 12.0 Å². The lowest BCUT2D eigenvalue weighted by molar-refractivity contribution is 0.624. The van der Waals surface area contributed by atoms with Gasteiger partial charge in [-0.3, -0.25) is 0 Å². The van der Waals surface area contributed by atoms with E-state index >= 15 is 0 Å². The fraction of sp³-hybridized carbons (Fsp3) is 0.286. The van der Waals surface area contributed by atoms with Crippen LogP contribution in [0.25, 0.3) is 0 Å². The molecule has 0 amide bonds. The molecule has 1 aromatic heterocycles. The van der Waals surface area contributed by atoms with Crippen LogP contribution in [0.5, 0.6) is 0 Å². The van der Waals surface area contributed by atoms with E-state index in [-0.39, 0.29) is 5.82 Å². The third-order valence-corrected chi connectivity index (χ3v) is 3.52. The maximum atomic E-state index is 12.9. The molecule has 0 aliphatic carbocycles. The largest absolute Gasteiger partial charge is 0.312 e. The number of rotatable bonds is 5. The average molecular weight is 249 g/mol. The number of halogens is 1. The zero-order valence-electron chi connectivity index (χ0n) is 9.87. The highest BCUT2D eigenvalue weighted by Crippen LogP contribution is 2.10. The lowest BCUT2D eigenvalue weighted by atomic mass is 10.1. The minimum absolute atomic E-state index is 0.155. The van der Waals surface area contributed by atoms with E-state index in [2.05, 4.69) is 22.1 Å². The molecule has 0 unspecified atom stereocenters. The minimum Gasteiger partial charge on any atom is -0.312 e. The summed E-state index contributed by atoms with van der Waals surface area (Å²) in [6.07, 6.45) is 0.941. The zero-order valence-corrected chi connectivity index (χ0v) is 10.7. The molecule has 0 saturated heterocycles. The molecule has 3 heteroatoms. The Morgan fingerprint density at radius 2 is 2.18 bits per heavy atom. The Hall–Kier alpha value is -1.19. The first-order valence-electron chi connectivity index (χ1n) is 5.72. The molecule has 0 bridgehead atoms. The van der Waals surface area contributed by atoms with Crippen molar-refractivity contribution in [2.45, 2.75) is 19.9 Å². The van der Waals surface area contributed by atoms with Crippen molar-refractivity contribution in [3.8, 4) is 0 Å². The molecule has 90 valence electrons. The summed E-state index contributed by atoms with van der Waals surface area (Å²) in [6.45, 7) is 3.78. The Bertz CT molecular complexity index is 465. The van der Waals surface area contributed by atoms with Crippen molar-refractivity contribution in [2.75, 3.05) is 6.54 Å². The maximum Gasteiger partial charge on any atom is 0.123 e. The number of aryl methyl sites for hydroxylation is 1. The fourth-order valence-electron chi connectivity index (χ4n) is 1.79. The van der Waals surface area contributed by atoms with E-state index in [1.54, 1.807) is 17.4 Å². The summed E-state index contributed by atoms with van der Waals surface area (Å²) < 4.78 is 12.9. The van der Waals surface area contributed by atoms with E-state index in [0.29, 0.717) is 0 Å². The van der Waals surface area contributed by atoms with Gasteiger partial charge in [0.1, 0.15) is 5.82 Å². The molecular weight excluding hydrogens is 233 g/mol. The molecule has 2 rings (SSSR count). The normalized spacial score (nSPS) is 10.7. The third kappa shape index (κ3) is 3.65. The van der Waals surface area contributed by atoms with Crippen molar-refractivity contribution in [3.63, 3.8) is 0 Å². The second-order valence-corrected chi connectivity index (χ2v) is 4.91. The maximum absolute atomic E-state index is 12.9. The van der Waals surface area contributed by atoms with E-state index in [0.717, 1.165) is 25.1 Å². The molecule has 0 aliphatic heterocycles. The van der Waals surface area contributed by atoms with Gasteiger partial charge in [-0.15, -0.1) is 0 Å². The van der Waals surface area contributed by atoms with Crippen molar-refractivity contribution in [2.24, 2.45) is 0 Å². The number of hydrogen-bond donors (Lipinski definition) is 1. The van der Waals surface area contributed by atoms with Gasteiger partial charge in [0, 0.05) is 6.54 Å². The summed E-state index contributed by atoms with van der Waals surface area (Å²) >= 11 is 1.72. The second kappa shape index (κ2) is 5.94. The summed E-state index contributed by atoms with van der Waals surface area (Å²) in [5, 5.41) is 7.62. The van der Waals surface area contributed by atoms with Crippen LogP contribution in [0, 0.1) is 12.7 Å². The third-order valence-electron chi connectivity index (χ3n) is 2.78. The lowest BCUT2D eigenvalue weighted by Gasteiger charge is -2.07. The molecular formula is C14H16FNS. The molecule has 17 heavy (non-hydrogen) atoms. The molecule has 0 aliphatic rings. The SMILES string of the molecule is Cc1cc(F)ccc1CCNCc1ccsc1. The summed E-state index contributed by atoms with van der Waals surface area (Å²) in [6, 6.07) is 7.12. The van der Waals surface area contributed by atoms with Crippen molar-refractivity contribution in [3.05, 3.63) is 57.5 Å². The first kappa shape index (κ1) is 12.3. The van der Waals surface area contributed by atoms with Crippen LogP contribution >= 0.6 is 11.3 Å². The van der Waals surface area contributed by atoms with E-state index in [9.17, 15) is 4.39 Å². The Morgan fingerprint density at radius 3 is 2.88 bits per heavy atom. The van der Waals surface area contributed by atoms with Crippen LogP contribution < -0.4 is 5.32 Å². The minimum atomic E-state index is -0.155. The summed E-state index contributed by atoms with van der Waals surface area (Å²) in [5.41, 5.74) is 3.57. The molecule has 0 radical (unpaired) electrons. The highest BCUT2D eigenvalue weighted by atomic mass is 32.1. The van der Waals surface area contributed by atoms with E-state index < -0.39 is 0 Å². The zero-order chi connectivity index (χ0) is 12.1. The van der Waals surface area contributed by atoms with Gasteiger partial charge in [0.2, 0.25) is 0 Å². The Balaban J connectivity index is 1.78. The quantitative estimate of drug-likeness (QED) is 0.799. The van der Waals surface area contributed by atoms with Crippen molar-refractivity contribution in [1.82, 2.24) is 5.32 Å². The fourth-order valence-corrected chi connectivity index (χ4v) is 2.46. The number of nitrogens with one attached hydrogen (secondary N) is 1. The van der Waals surface area contributed by atoms with Gasteiger partial charge in [0.15, 0.2) is 0 Å². The van der Waals surface area contributed by atoms with Crippen LogP contribution in [0.4, 0.5) is 4.39 Å². The van der Waals surface area contributed by atoms with Gasteiger partial charge in [-0.2, -0.15) is 11.3 Å². The first-order valence-corrected chi connectivity index (χ1v) is 6.67. The average Bonchev–Trinajstić information content (AvgIpc) is 2.79. The van der Waals surface area contributed by atoms with Gasteiger partial charge >= 0.3 is 0 Å². The Kier molecular flexibility index (Phi) is 4.29. The highest BCUT2D eigenvalue weighted by molar-refractivity contribution is 7.07. The predicted octanol–water partition coefficient (Wildman–Crippen LogP) is 3.53. The molecule has 0 saturated carbocycles. The molecule has 1 N–H and O–H groups in total. The molecule has 0 atom stereocenters. The van der Waals surface area contributed by atoms with Gasteiger partial charge in [-0.1, -0.05) is 6.07 Å². The van der Waals surface area contributed by atoms with Crippen LogP contribution in [0.15, 0.2) is 35.0 Å². The number of hydrogen-bond acceptors (Lipinski definition) is 2. The Labute approximate surface area is 105 Å². The molecule has 0 spiro atoms. The summed E-state index contributed by atoms with van der Waals surface area (Å²) in [7, 11) is 0. The van der Waals surface area contributed by atoms with Crippen LogP contribution in [0.3, 0.4) is 0 Å². The van der Waals surface area contributed by atoms with E-state index in [1.165, 1.54) is 17.2 Å². The number of thiophene rings is 1. The van der Waals surface area contributed by atoms with Crippen molar-refractivity contribution < 1.29 is 4.39 Å². The molecule has 1 aromatic carbocycles. The van der Waals surface area contributed by atoms with E-state index in [1.807, 2.05) is 13.0 Å². The van der Waals surface area contributed by atoms with E-state index in [4.69, 9.17) is 0 Å². The highest BCUT2D eigenvalue weighted by Gasteiger charge is 2.00. The summed E-state index contributed by atoms with van der Waals surface area (Å²) in [4.78, 5) is 0. The predicted molar refractivity (Wildman–Crippen MR) is 70.9 cm³/mol. The monoisotopic (exact) mass is 249 g/mol. The summed E-state index contributed by atoms with van der Waals surface area (Å²) in [5.74, 6) is -0.155. The standard InChI is InChI=1S/C14H16FNS/c1-11-8-14(15)3-2-13(11)4-6-16-9-12-5-7-17-10-12/h2-3,5,7-8,10,16H,4,6,9H2,1H3. The van der Waals surface area contributed by atoms with Gasteiger partial charge in [-0.05, 0) is 65.5 Å².